The molecular weight excluding hydrogens is 298 g/mol. The quantitative estimate of drug-likeness (QED) is 0.527. The van der Waals surface area contributed by atoms with Gasteiger partial charge in [0, 0.05) is 25.6 Å². The molecule has 7 heteroatoms. The maximum atomic E-state index is 12.0. The number of hydrogen-bond acceptors (Lipinski definition) is 4. The van der Waals surface area contributed by atoms with Crippen molar-refractivity contribution in [1.29, 1.82) is 0 Å². The zero-order chi connectivity index (χ0) is 12.0. The van der Waals surface area contributed by atoms with Crippen LogP contribution in [0.2, 0.25) is 0 Å². The van der Waals surface area contributed by atoms with Gasteiger partial charge in [0.25, 0.3) is 0 Å². The zero-order valence-electron chi connectivity index (χ0n) is 9.39. The molecule has 1 aliphatic heterocycles. The Bertz CT molecular complexity index is 296. The van der Waals surface area contributed by atoms with E-state index >= 15 is 0 Å². The number of methoxy groups -OCH3 is 1. The molecule has 1 heterocycles. The van der Waals surface area contributed by atoms with Crippen molar-refractivity contribution in [3.8, 4) is 0 Å². The third kappa shape index (κ3) is 3.96. The molecular formula is C9H18BrNO4S. The first-order chi connectivity index (χ1) is 7.61. The number of halogens is 1. The van der Waals surface area contributed by atoms with Gasteiger partial charge >= 0.3 is 0 Å². The highest BCUT2D eigenvalue weighted by atomic mass is 79.9. The number of sulfonamides is 1. The summed E-state index contributed by atoms with van der Waals surface area (Å²) in [7, 11) is -1.60. The summed E-state index contributed by atoms with van der Waals surface area (Å²) in [5, 5.41) is 0.608. The summed E-state index contributed by atoms with van der Waals surface area (Å²) in [6.07, 6.45) is 0.533. The third-order valence-electron chi connectivity index (χ3n) is 2.46. The molecule has 1 rings (SSSR count). The molecule has 0 aromatic heterocycles. The minimum Gasteiger partial charge on any atom is -0.385 e. The SMILES string of the molecule is COCCCS(=O)(=O)N1CCOCC1CBr. The lowest BCUT2D eigenvalue weighted by Crippen LogP contribution is -2.50. The number of nitrogens with zero attached hydrogens (tertiary/aromatic N) is 1. The summed E-state index contributed by atoms with van der Waals surface area (Å²) < 4.78 is 35.7. The van der Waals surface area contributed by atoms with Crippen molar-refractivity contribution < 1.29 is 17.9 Å². The van der Waals surface area contributed by atoms with Crippen LogP contribution in [0.3, 0.4) is 0 Å². The topological polar surface area (TPSA) is 55.8 Å². The molecule has 0 saturated carbocycles. The van der Waals surface area contributed by atoms with Crippen LogP contribution in [0.15, 0.2) is 0 Å². The van der Waals surface area contributed by atoms with Gasteiger partial charge in [-0.25, -0.2) is 8.42 Å². The standard InChI is InChI=1S/C9H18BrNO4S/c1-14-4-2-6-16(12,13)11-3-5-15-8-9(11)7-10/h9H,2-8H2,1H3. The summed E-state index contributed by atoms with van der Waals surface area (Å²) >= 11 is 3.31. The predicted octanol–water partition coefficient (Wildman–Crippen LogP) is 0.448. The van der Waals surface area contributed by atoms with E-state index < -0.39 is 10.0 Å². The first kappa shape index (κ1) is 14.4. The minimum absolute atomic E-state index is 0.0821. The van der Waals surface area contributed by atoms with Gasteiger partial charge in [-0.1, -0.05) is 15.9 Å². The summed E-state index contributed by atoms with van der Waals surface area (Å²) in [6.45, 7) is 1.87. The number of rotatable bonds is 6. The summed E-state index contributed by atoms with van der Waals surface area (Å²) in [5.41, 5.74) is 0. The van der Waals surface area contributed by atoms with E-state index in [-0.39, 0.29) is 11.8 Å². The Morgan fingerprint density at radius 3 is 2.94 bits per heavy atom. The van der Waals surface area contributed by atoms with Crippen molar-refractivity contribution >= 4 is 26.0 Å². The largest absolute Gasteiger partial charge is 0.385 e. The Kier molecular flexibility index (Phi) is 6.20. The Morgan fingerprint density at radius 2 is 2.31 bits per heavy atom. The molecule has 1 fully saturated rings. The monoisotopic (exact) mass is 315 g/mol. The van der Waals surface area contributed by atoms with Crippen molar-refractivity contribution in [2.24, 2.45) is 0 Å². The van der Waals surface area contributed by atoms with Crippen LogP contribution < -0.4 is 0 Å². The molecule has 0 amide bonds. The van der Waals surface area contributed by atoms with Gasteiger partial charge in [0.05, 0.1) is 25.0 Å². The first-order valence-corrected chi connectivity index (χ1v) is 7.97. The van der Waals surface area contributed by atoms with E-state index in [4.69, 9.17) is 9.47 Å². The smallest absolute Gasteiger partial charge is 0.214 e. The molecule has 0 N–H and O–H groups in total. The van der Waals surface area contributed by atoms with E-state index in [1.54, 1.807) is 11.4 Å². The number of morpholine rings is 1. The highest BCUT2D eigenvalue weighted by Gasteiger charge is 2.31. The molecule has 0 aromatic rings. The number of alkyl halides is 1. The predicted molar refractivity (Wildman–Crippen MR) is 65.4 cm³/mol. The maximum Gasteiger partial charge on any atom is 0.214 e. The fourth-order valence-electron chi connectivity index (χ4n) is 1.63. The van der Waals surface area contributed by atoms with E-state index in [0.717, 1.165) is 0 Å². The van der Waals surface area contributed by atoms with Crippen molar-refractivity contribution in [2.75, 3.05) is 44.6 Å². The van der Waals surface area contributed by atoms with Gasteiger partial charge in [0.15, 0.2) is 0 Å². The summed E-state index contributed by atoms with van der Waals surface area (Å²) in [4.78, 5) is 0. The fraction of sp³-hybridized carbons (Fsp3) is 1.00. The van der Waals surface area contributed by atoms with Crippen LogP contribution >= 0.6 is 15.9 Å². The molecule has 0 bridgehead atoms. The van der Waals surface area contributed by atoms with Crippen LogP contribution in [-0.4, -0.2) is 63.3 Å². The number of hydrogen-bond donors (Lipinski definition) is 0. The maximum absolute atomic E-state index is 12.0. The second-order valence-electron chi connectivity index (χ2n) is 3.66. The van der Waals surface area contributed by atoms with Crippen molar-refractivity contribution in [3.05, 3.63) is 0 Å². The van der Waals surface area contributed by atoms with Crippen LogP contribution in [0.1, 0.15) is 6.42 Å². The van der Waals surface area contributed by atoms with E-state index in [0.29, 0.717) is 38.1 Å². The highest BCUT2D eigenvalue weighted by Crippen LogP contribution is 2.15. The number of ether oxygens (including phenoxy) is 2. The van der Waals surface area contributed by atoms with E-state index in [1.807, 2.05) is 0 Å². The molecule has 96 valence electrons. The Morgan fingerprint density at radius 1 is 1.56 bits per heavy atom. The van der Waals surface area contributed by atoms with Gasteiger partial charge in [-0.2, -0.15) is 4.31 Å². The lowest BCUT2D eigenvalue weighted by atomic mass is 10.3. The molecule has 16 heavy (non-hydrogen) atoms. The Labute approximate surface area is 105 Å². The zero-order valence-corrected chi connectivity index (χ0v) is 11.8. The van der Waals surface area contributed by atoms with Crippen LogP contribution in [0.25, 0.3) is 0 Å². The average Bonchev–Trinajstić information content (AvgIpc) is 2.29. The molecule has 1 saturated heterocycles. The Balaban J connectivity index is 2.57. The normalized spacial score (nSPS) is 23.5. The second-order valence-corrected chi connectivity index (χ2v) is 6.34. The molecule has 1 aliphatic rings. The van der Waals surface area contributed by atoms with Crippen LogP contribution in [0, 0.1) is 0 Å². The van der Waals surface area contributed by atoms with E-state index in [1.165, 1.54) is 0 Å². The van der Waals surface area contributed by atoms with E-state index in [2.05, 4.69) is 15.9 Å². The minimum atomic E-state index is -3.17. The van der Waals surface area contributed by atoms with Crippen LogP contribution in [0.4, 0.5) is 0 Å². The first-order valence-electron chi connectivity index (χ1n) is 5.24. The Hall–Kier alpha value is 0.310. The van der Waals surface area contributed by atoms with Gasteiger partial charge < -0.3 is 9.47 Å². The van der Waals surface area contributed by atoms with Gasteiger partial charge in [0.1, 0.15) is 0 Å². The highest BCUT2D eigenvalue weighted by molar-refractivity contribution is 9.09. The molecule has 5 nitrogen and oxygen atoms in total. The fourth-order valence-corrected chi connectivity index (χ4v) is 4.02. The third-order valence-corrected chi connectivity index (χ3v) is 5.21. The summed E-state index contributed by atoms with van der Waals surface area (Å²) in [6, 6.07) is -0.0821. The van der Waals surface area contributed by atoms with Crippen LogP contribution in [-0.2, 0) is 19.5 Å². The molecule has 1 unspecified atom stereocenters. The van der Waals surface area contributed by atoms with Crippen molar-refractivity contribution in [1.82, 2.24) is 4.31 Å². The van der Waals surface area contributed by atoms with E-state index in [9.17, 15) is 8.42 Å². The van der Waals surface area contributed by atoms with Gasteiger partial charge in [-0.15, -0.1) is 0 Å². The summed E-state index contributed by atoms with van der Waals surface area (Å²) in [5.74, 6) is 0.143. The van der Waals surface area contributed by atoms with Crippen molar-refractivity contribution in [2.45, 2.75) is 12.5 Å². The molecule has 0 radical (unpaired) electrons. The van der Waals surface area contributed by atoms with Crippen LogP contribution in [0.5, 0.6) is 0 Å². The molecule has 0 spiro atoms. The van der Waals surface area contributed by atoms with Crippen molar-refractivity contribution in [3.63, 3.8) is 0 Å². The molecule has 0 aliphatic carbocycles. The van der Waals surface area contributed by atoms with Gasteiger partial charge in [-0.3, -0.25) is 0 Å². The average molecular weight is 316 g/mol. The lowest BCUT2D eigenvalue weighted by Gasteiger charge is -2.33. The lowest BCUT2D eigenvalue weighted by molar-refractivity contribution is 0.0412. The molecule has 1 atom stereocenters. The van der Waals surface area contributed by atoms with Gasteiger partial charge in [0.2, 0.25) is 10.0 Å². The second kappa shape index (κ2) is 6.90. The molecule has 0 aromatic carbocycles. The van der Waals surface area contributed by atoms with Gasteiger partial charge in [-0.05, 0) is 6.42 Å².